The number of hydrogen-bond acceptors (Lipinski definition) is 2. The summed E-state index contributed by atoms with van der Waals surface area (Å²) < 4.78 is 5.77. The molecule has 1 amide bonds. The van der Waals surface area contributed by atoms with E-state index in [0.29, 0.717) is 17.7 Å². The Morgan fingerprint density at radius 3 is 2.87 bits per heavy atom. The predicted molar refractivity (Wildman–Crippen MR) is 57.8 cm³/mol. The van der Waals surface area contributed by atoms with Crippen LogP contribution in [0.15, 0.2) is 35.3 Å². The molecule has 1 N–H and O–H groups in total. The van der Waals surface area contributed by atoms with E-state index in [1.54, 1.807) is 0 Å². The number of nitrogens with one attached hydrogen (secondary N) is 1. The molecule has 80 valence electrons. The van der Waals surface area contributed by atoms with E-state index in [0.717, 1.165) is 11.3 Å². The number of carbonyl (C=O) groups is 1. The minimum atomic E-state index is -0.333. The van der Waals surface area contributed by atoms with E-state index in [4.69, 9.17) is 4.74 Å². The Morgan fingerprint density at radius 2 is 2.20 bits per heavy atom. The summed E-state index contributed by atoms with van der Waals surface area (Å²) in [5.41, 5.74) is 2.01. The van der Waals surface area contributed by atoms with E-state index < -0.39 is 0 Å². The Kier molecular flexibility index (Phi) is 2.00. The van der Waals surface area contributed by atoms with Crippen molar-refractivity contribution in [1.82, 2.24) is 5.32 Å². The molecule has 0 atom stereocenters. The molecule has 2 rings (SSSR count). The van der Waals surface area contributed by atoms with Crippen molar-refractivity contribution in [3.63, 3.8) is 0 Å². The Labute approximate surface area is 89.5 Å². The van der Waals surface area contributed by atoms with Gasteiger partial charge < -0.3 is 10.1 Å². The molecule has 0 aromatic carbocycles. The average Bonchev–Trinajstić information content (AvgIpc) is 1.97. The second kappa shape index (κ2) is 2.99. The zero-order valence-electron chi connectivity index (χ0n) is 9.31. The first-order valence-electron chi connectivity index (χ1n) is 5.00. The monoisotopic (exact) mass is 205 g/mol. The number of carbonyl (C=O) groups excluding carboxylic acids is 1. The van der Waals surface area contributed by atoms with Crippen LogP contribution in [-0.4, -0.2) is 11.5 Å². The summed E-state index contributed by atoms with van der Waals surface area (Å²) in [6.45, 7) is 9.66. The van der Waals surface area contributed by atoms with Crippen LogP contribution >= 0.6 is 0 Å². The molecular weight excluding hydrogens is 190 g/mol. The highest BCUT2D eigenvalue weighted by molar-refractivity contribution is 6.00. The summed E-state index contributed by atoms with van der Waals surface area (Å²) in [4.78, 5) is 11.7. The van der Waals surface area contributed by atoms with Gasteiger partial charge in [-0.1, -0.05) is 6.58 Å². The highest BCUT2D eigenvalue weighted by atomic mass is 16.5. The minimum Gasteiger partial charge on any atom is -0.487 e. The highest BCUT2D eigenvalue weighted by Crippen LogP contribution is 2.34. The third-order valence-electron chi connectivity index (χ3n) is 2.51. The highest BCUT2D eigenvalue weighted by Gasteiger charge is 2.33. The fourth-order valence-corrected chi connectivity index (χ4v) is 2.10. The van der Waals surface area contributed by atoms with Crippen molar-refractivity contribution >= 4 is 5.91 Å². The molecule has 2 aliphatic heterocycles. The summed E-state index contributed by atoms with van der Waals surface area (Å²) in [6, 6.07) is 0. The van der Waals surface area contributed by atoms with Crippen LogP contribution in [-0.2, 0) is 9.53 Å². The van der Waals surface area contributed by atoms with Gasteiger partial charge in [0, 0.05) is 12.1 Å². The van der Waals surface area contributed by atoms with Gasteiger partial charge in [0.15, 0.2) is 0 Å². The first-order chi connectivity index (χ1) is 6.89. The lowest BCUT2D eigenvalue weighted by molar-refractivity contribution is -0.117. The maximum atomic E-state index is 11.7. The van der Waals surface area contributed by atoms with Gasteiger partial charge in [-0.2, -0.15) is 0 Å². The maximum absolute atomic E-state index is 11.7. The topological polar surface area (TPSA) is 38.3 Å². The number of ether oxygens (including phenoxy) is 1. The van der Waals surface area contributed by atoms with Crippen molar-refractivity contribution in [3.05, 3.63) is 35.3 Å². The number of amides is 1. The molecule has 15 heavy (non-hydrogen) atoms. The summed E-state index contributed by atoms with van der Waals surface area (Å²) in [5, 5.41) is 2.72. The van der Waals surface area contributed by atoms with Crippen molar-refractivity contribution in [3.8, 4) is 0 Å². The van der Waals surface area contributed by atoms with E-state index >= 15 is 0 Å². The molecule has 0 fully saturated rings. The van der Waals surface area contributed by atoms with Crippen LogP contribution in [0.2, 0.25) is 0 Å². The van der Waals surface area contributed by atoms with Crippen molar-refractivity contribution in [2.45, 2.75) is 32.8 Å². The third-order valence-corrected chi connectivity index (χ3v) is 2.51. The number of rotatable bonds is 0. The van der Waals surface area contributed by atoms with Gasteiger partial charge in [-0.3, -0.25) is 4.79 Å². The van der Waals surface area contributed by atoms with Gasteiger partial charge in [-0.25, -0.2) is 0 Å². The Hall–Kier alpha value is -1.51. The third kappa shape index (κ3) is 1.69. The fourth-order valence-electron chi connectivity index (χ4n) is 2.10. The molecule has 2 heterocycles. The van der Waals surface area contributed by atoms with Crippen LogP contribution in [0.4, 0.5) is 0 Å². The molecule has 0 bridgehead atoms. The molecule has 0 saturated carbocycles. The van der Waals surface area contributed by atoms with Gasteiger partial charge in [0.2, 0.25) is 0 Å². The van der Waals surface area contributed by atoms with Gasteiger partial charge in [-0.15, -0.1) is 0 Å². The van der Waals surface area contributed by atoms with Crippen LogP contribution in [0, 0.1) is 0 Å². The molecule has 0 aromatic heterocycles. The molecule has 2 aliphatic rings. The van der Waals surface area contributed by atoms with Crippen LogP contribution in [0.5, 0.6) is 0 Å². The molecule has 0 saturated heterocycles. The van der Waals surface area contributed by atoms with Gasteiger partial charge in [-0.05, 0) is 32.4 Å². The zero-order valence-corrected chi connectivity index (χ0v) is 9.31. The molecule has 3 heteroatoms. The van der Waals surface area contributed by atoms with Crippen LogP contribution in [0.3, 0.4) is 0 Å². The van der Waals surface area contributed by atoms with E-state index in [-0.39, 0.29) is 11.5 Å². The van der Waals surface area contributed by atoms with E-state index in [1.807, 2.05) is 26.8 Å². The van der Waals surface area contributed by atoms with Crippen molar-refractivity contribution in [2.75, 3.05) is 0 Å². The smallest absolute Gasteiger partial charge is 0.259 e. The first-order valence-corrected chi connectivity index (χ1v) is 5.00. The van der Waals surface area contributed by atoms with Crippen LogP contribution in [0.25, 0.3) is 0 Å². The first kappa shape index (κ1) is 10.0. The number of hydrogen-bond donors (Lipinski definition) is 1. The van der Waals surface area contributed by atoms with E-state index in [9.17, 15) is 4.79 Å². The maximum Gasteiger partial charge on any atom is 0.259 e. The lowest BCUT2D eigenvalue weighted by Gasteiger charge is -2.34. The SMILES string of the molecule is C=C1CC2=C(C(=O)N1)C(C)=CC(C)(C)O2. The largest absolute Gasteiger partial charge is 0.487 e. The van der Waals surface area contributed by atoms with Crippen molar-refractivity contribution in [2.24, 2.45) is 0 Å². The lowest BCUT2D eigenvalue weighted by Crippen LogP contribution is -2.36. The summed E-state index contributed by atoms with van der Waals surface area (Å²) in [7, 11) is 0. The minimum absolute atomic E-state index is 0.106. The second-order valence-corrected chi connectivity index (χ2v) is 4.57. The molecule has 3 nitrogen and oxygen atoms in total. The standard InChI is InChI=1S/C12H15NO2/c1-7-6-12(3,4)15-9-5-8(2)13-11(14)10(7)9/h6H,2,5H2,1,3-4H3,(H,13,14). The lowest BCUT2D eigenvalue weighted by atomic mass is 9.92. The predicted octanol–water partition coefficient (Wildman–Crippen LogP) is 2.03. The second-order valence-electron chi connectivity index (χ2n) is 4.57. The van der Waals surface area contributed by atoms with Crippen LogP contribution in [0.1, 0.15) is 27.2 Å². The molecule has 0 aromatic rings. The van der Waals surface area contributed by atoms with Gasteiger partial charge in [0.05, 0.1) is 5.57 Å². The fraction of sp³-hybridized carbons (Fsp3) is 0.417. The Balaban J connectivity index is 2.47. The van der Waals surface area contributed by atoms with Gasteiger partial charge in [0.25, 0.3) is 5.91 Å². The Morgan fingerprint density at radius 1 is 1.53 bits per heavy atom. The van der Waals surface area contributed by atoms with Gasteiger partial charge >= 0.3 is 0 Å². The summed E-state index contributed by atoms with van der Waals surface area (Å²) in [6.07, 6.45) is 2.56. The molecule has 0 spiro atoms. The zero-order chi connectivity index (χ0) is 11.2. The summed E-state index contributed by atoms with van der Waals surface area (Å²) in [5.74, 6) is 0.638. The molecular formula is C12H15NO2. The van der Waals surface area contributed by atoms with Crippen molar-refractivity contribution in [1.29, 1.82) is 0 Å². The van der Waals surface area contributed by atoms with E-state index in [2.05, 4.69) is 11.9 Å². The van der Waals surface area contributed by atoms with Crippen LogP contribution < -0.4 is 5.32 Å². The normalized spacial score (nSPS) is 24.1. The Bertz CT molecular complexity index is 413. The quantitative estimate of drug-likeness (QED) is 0.657. The molecule has 0 unspecified atom stereocenters. The molecule has 0 aliphatic carbocycles. The van der Waals surface area contributed by atoms with Crippen molar-refractivity contribution < 1.29 is 9.53 Å². The van der Waals surface area contributed by atoms with E-state index in [1.165, 1.54) is 0 Å². The summed E-state index contributed by atoms with van der Waals surface area (Å²) >= 11 is 0. The molecule has 0 radical (unpaired) electrons. The van der Waals surface area contributed by atoms with Gasteiger partial charge in [0.1, 0.15) is 11.4 Å². The average molecular weight is 205 g/mol.